The van der Waals surface area contributed by atoms with Crippen molar-refractivity contribution in [3.8, 4) is 11.3 Å². The van der Waals surface area contributed by atoms with Gasteiger partial charge in [-0.15, -0.1) is 0 Å². The summed E-state index contributed by atoms with van der Waals surface area (Å²) in [5.74, 6) is 0.738. The van der Waals surface area contributed by atoms with Crippen molar-refractivity contribution in [2.45, 2.75) is 11.6 Å². The zero-order valence-corrected chi connectivity index (χ0v) is 11.8. The molecule has 0 aliphatic carbocycles. The Morgan fingerprint density at radius 3 is 2.50 bits per heavy atom. The maximum absolute atomic E-state index is 5.50. The molecule has 0 unspecified atom stereocenters. The molecule has 1 aromatic carbocycles. The van der Waals surface area contributed by atoms with Crippen LogP contribution in [0, 0.1) is 0 Å². The molecular weight excluding hydrogens is 270 g/mol. The van der Waals surface area contributed by atoms with Gasteiger partial charge < -0.3 is 4.42 Å². The molecule has 0 atom stereocenters. The van der Waals surface area contributed by atoms with Gasteiger partial charge in [0.2, 0.25) is 0 Å². The second-order valence-electron chi connectivity index (χ2n) is 4.25. The molecule has 100 valence electrons. The van der Waals surface area contributed by atoms with Gasteiger partial charge in [-0.2, -0.15) is 0 Å². The fraction of sp³-hybridized carbons (Fsp3) is 0.133. The summed E-state index contributed by atoms with van der Waals surface area (Å²) in [6.45, 7) is 0. The smallest absolute Gasteiger partial charge is 0.187 e. The summed E-state index contributed by atoms with van der Waals surface area (Å²) in [5.41, 5.74) is 2.95. The van der Waals surface area contributed by atoms with Gasteiger partial charge in [0.15, 0.2) is 17.3 Å². The van der Waals surface area contributed by atoms with E-state index in [0.29, 0.717) is 0 Å². The zero-order chi connectivity index (χ0) is 13.8. The Kier molecular flexibility index (Phi) is 3.78. The van der Waals surface area contributed by atoms with E-state index >= 15 is 0 Å². The summed E-state index contributed by atoms with van der Waals surface area (Å²) < 4.78 is 5.50. The van der Waals surface area contributed by atoms with E-state index in [2.05, 4.69) is 27.1 Å². The van der Waals surface area contributed by atoms with E-state index in [-0.39, 0.29) is 0 Å². The van der Waals surface area contributed by atoms with Crippen molar-refractivity contribution in [3.63, 3.8) is 0 Å². The minimum Gasteiger partial charge on any atom is -0.443 e. The Morgan fingerprint density at radius 1 is 1.05 bits per heavy atom. The quantitative estimate of drug-likeness (QED) is 0.542. The molecular formula is C15H13N3OS. The predicted octanol–water partition coefficient (Wildman–Crippen LogP) is 3.44. The lowest BCUT2D eigenvalue weighted by Gasteiger charge is -2.02. The van der Waals surface area contributed by atoms with E-state index in [1.165, 1.54) is 23.7 Å². The predicted molar refractivity (Wildman–Crippen MR) is 78.6 cm³/mol. The van der Waals surface area contributed by atoms with Gasteiger partial charge >= 0.3 is 0 Å². The lowest BCUT2D eigenvalue weighted by molar-refractivity contribution is 0.570. The SMILES string of the molecule is CSc1ncc(-c2ocnc2Cc2ccccc2)cn1. The van der Waals surface area contributed by atoms with Crippen LogP contribution in [-0.2, 0) is 6.42 Å². The van der Waals surface area contributed by atoms with Gasteiger partial charge in [0, 0.05) is 18.8 Å². The molecule has 3 rings (SSSR count). The monoisotopic (exact) mass is 283 g/mol. The Bertz CT molecular complexity index is 680. The molecule has 0 radical (unpaired) electrons. The molecule has 2 heterocycles. The average molecular weight is 283 g/mol. The molecule has 0 N–H and O–H groups in total. The molecule has 4 nitrogen and oxygen atoms in total. The van der Waals surface area contributed by atoms with Crippen molar-refractivity contribution in [2.24, 2.45) is 0 Å². The number of hydrogen-bond acceptors (Lipinski definition) is 5. The number of oxazole rings is 1. The standard InChI is InChI=1S/C15H13N3OS/c1-20-15-16-8-12(9-17-15)14-13(18-10-19-14)7-11-5-3-2-4-6-11/h2-6,8-10H,7H2,1H3. The average Bonchev–Trinajstić information content (AvgIpc) is 2.96. The van der Waals surface area contributed by atoms with Crippen LogP contribution in [0.4, 0.5) is 0 Å². The molecule has 0 amide bonds. The van der Waals surface area contributed by atoms with Crippen molar-refractivity contribution < 1.29 is 4.42 Å². The normalized spacial score (nSPS) is 10.7. The molecule has 3 aromatic rings. The second kappa shape index (κ2) is 5.88. The van der Waals surface area contributed by atoms with Crippen LogP contribution in [0.1, 0.15) is 11.3 Å². The van der Waals surface area contributed by atoms with Crippen molar-refractivity contribution in [1.29, 1.82) is 0 Å². The Balaban J connectivity index is 1.89. The van der Waals surface area contributed by atoms with Crippen LogP contribution in [0.15, 0.2) is 58.7 Å². The van der Waals surface area contributed by atoms with Crippen LogP contribution < -0.4 is 0 Å². The zero-order valence-electron chi connectivity index (χ0n) is 11.0. The lowest BCUT2D eigenvalue weighted by Crippen LogP contribution is -1.92. The second-order valence-corrected chi connectivity index (χ2v) is 5.02. The highest BCUT2D eigenvalue weighted by Crippen LogP contribution is 2.24. The van der Waals surface area contributed by atoms with Gasteiger partial charge in [-0.05, 0) is 11.8 Å². The number of hydrogen-bond donors (Lipinski definition) is 0. The lowest BCUT2D eigenvalue weighted by atomic mass is 10.1. The molecule has 0 aliphatic heterocycles. The first-order valence-electron chi connectivity index (χ1n) is 6.19. The highest BCUT2D eigenvalue weighted by molar-refractivity contribution is 7.98. The van der Waals surface area contributed by atoms with Gasteiger partial charge in [0.05, 0.1) is 11.3 Å². The summed E-state index contributed by atoms with van der Waals surface area (Å²) in [6, 6.07) is 10.2. The van der Waals surface area contributed by atoms with Crippen LogP contribution in [0.5, 0.6) is 0 Å². The molecule has 20 heavy (non-hydrogen) atoms. The van der Waals surface area contributed by atoms with E-state index < -0.39 is 0 Å². The van der Waals surface area contributed by atoms with Gasteiger partial charge in [0.1, 0.15) is 0 Å². The highest BCUT2D eigenvalue weighted by atomic mass is 32.2. The molecule has 5 heteroatoms. The number of rotatable bonds is 4. The van der Waals surface area contributed by atoms with Crippen LogP contribution in [0.2, 0.25) is 0 Å². The number of thioether (sulfide) groups is 1. The molecule has 0 saturated carbocycles. The van der Waals surface area contributed by atoms with E-state index in [4.69, 9.17) is 4.42 Å². The summed E-state index contributed by atoms with van der Waals surface area (Å²) in [7, 11) is 0. The maximum atomic E-state index is 5.50. The van der Waals surface area contributed by atoms with Gasteiger partial charge in [-0.3, -0.25) is 0 Å². The third-order valence-corrected chi connectivity index (χ3v) is 3.50. The van der Waals surface area contributed by atoms with E-state index in [1.807, 2.05) is 24.5 Å². The van der Waals surface area contributed by atoms with Crippen molar-refractivity contribution in [3.05, 3.63) is 60.4 Å². The van der Waals surface area contributed by atoms with Crippen molar-refractivity contribution >= 4 is 11.8 Å². The molecule has 0 aliphatic rings. The summed E-state index contributed by atoms with van der Waals surface area (Å²) >= 11 is 1.51. The molecule has 0 fully saturated rings. The first-order chi connectivity index (χ1) is 9.86. The summed E-state index contributed by atoms with van der Waals surface area (Å²) in [4.78, 5) is 12.8. The first-order valence-corrected chi connectivity index (χ1v) is 7.42. The van der Waals surface area contributed by atoms with E-state index in [0.717, 1.165) is 28.6 Å². The van der Waals surface area contributed by atoms with Gasteiger partial charge in [-0.25, -0.2) is 15.0 Å². The largest absolute Gasteiger partial charge is 0.443 e. The number of aromatic nitrogens is 3. The minimum absolute atomic E-state index is 0.733. The Morgan fingerprint density at radius 2 is 1.80 bits per heavy atom. The molecule has 0 saturated heterocycles. The van der Waals surface area contributed by atoms with E-state index in [1.54, 1.807) is 12.4 Å². The van der Waals surface area contributed by atoms with Crippen LogP contribution in [0.25, 0.3) is 11.3 Å². The summed E-state index contributed by atoms with van der Waals surface area (Å²) in [5, 5.41) is 0.748. The highest BCUT2D eigenvalue weighted by Gasteiger charge is 2.12. The third kappa shape index (κ3) is 2.72. The number of benzene rings is 1. The maximum Gasteiger partial charge on any atom is 0.187 e. The van der Waals surface area contributed by atoms with Crippen LogP contribution in [-0.4, -0.2) is 21.2 Å². The molecule has 2 aromatic heterocycles. The Labute approximate surface area is 121 Å². The van der Waals surface area contributed by atoms with Crippen molar-refractivity contribution in [2.75, 3.05) is 6.26 Å². The number of nitrogens with zero attached hydrogens (tertiary/aromatic N) is 3. The van der Waals surface area contributed by atoms with Crippen LogP contribution >= 0.6 is 11.8 Å². The molecule has 0 spiro atoms. The van der Waals surface area contributed by atoms with Gasteiger partial charge in [-0.1, -0.05) is 42.1 Å². The fourth-order valence-corrected chi connectivity index (χ4v) is 2.27. The first kappa shape index (κ1) is 12.9. The topological polar surface area (TPSA) is 51.8 Å². The van der Waals surface area contributed by atoms with Crippen LogP contribution in [0.3, 0.4) is 0 Å². The third-order valence-electron chi connectivity index (χ3n) is 2.93. The van der Waals surface area contributed by atoms with Gasteiger partial charge in [0.25, 0.3) is 0 Å². The fourth-order valence-electron chi connectivity index (χ4n) is 1.96. The Hall–Kier alpha value is -2.14. The minimum atomic E-state index is 0.733. The van der Waals surface area contributed by atoms with Crippen molar-refractivity contribution in [1.82, 2.24) is 15.0 Å². The van der Waals surface area contributed by atoms with E-state index in [9.17, 15) is 0 Å². The summed E-state index contributed by atoms with van der Waals surface area (Å²) in [6.07, 6.45) is 7.69. The molecule has 0 bridgehead atoms.